The van der Waals surface area contributed by atoms with Gasteiger partial charge >= 0.3 is 0 Å². The van der Waals surface area contributed by atoms with Crippen molar-refractivity contribution in [2.24, 2.45) is 0 Å². The molecule has 0 bridgehead atoms. The van der Waals surface area contributed by atoms with Gasteiger partial charge in [-0.05, 0) is 52.3 Å². The standard InChI is InChI=1S/C15H27N3O/c1-4-10-18-13(8-9-16-18)14(19)15(2,3)17-11-6-5-7-12-17/h8-9,14,19H,4-7,10-12H2,1-3H3. The quantitative estimate of drug-likeness (QED) is 0.889. The van der Waals surface area contributed by atoms with E-state index in [0.717, 1.165) is 31.7 Å². The third-order valence-electron chi connectivity index (χ3n) is 4.31. The highest BCUT2D eigenvalue weighted by Crippen LogP contribution is 2.32. The number of nitrogens with zero attached hydrogens (tertiary/aromatic N) is 3. The summed E-state index contributed by atoms with van der Waals surface area (Å²) in [5, 5.41) is 15.1. The second-order valence-electron chi connectivity index (χ2n) is 6.08. The highest BCUT2D eigenvalue weighted by molar-refractivity contribution is 5.11. The highest BCUT2D eigenvalue weighted by Gasteiger charge is 2.37. The molecule has 19 heavy (non-hydrogen) atoms. The number of aryl methyl sites for hydroxylation is 1. The van der Waals surface area contributed by atoms with Crippen molar-refractivity contribution < 1.29 is 5.11 Å². The van der Waals surface area contributed by atoms with E-state index < -0.39 is 6.10 Å². The number of aromatic nitrogens is 2. The molecule has 2 heterocycles. The predicted molar refractivity (Wildman–Crippen MR) is 77.0 cm³/mol. The van der Waals surface area contributed by atoms with Gasteiger partial charge in [-0.15, -0.1) is 0 Å². The second kappa shape index (κ2) is 6.06. The number of aliphatic hydroxyl groups excluding tert-OH is 1. The molecule has 0 spiro atoms. The molecule has 0 amide bonds. The zero-order valence-electron chi connectivity index (χ0n) is 12.5. The van der Waals surface area contributed by atoms with Gasteiger partial charge in [0.2, 0.25) is 0 Å². The summed E-state index contributed by atoms with van der Waals surface area (Å²) < 4.78 is 1.94. The summed E-state index contributed by atoms with van der Waals surface area (Å²) in [7, 11) is 0. The SMILES string of the molecule is CCCn1nccc1C(O)C(C)(C)N1CCCCC1. The molecule has 0 saturated carbocycles. The van der Waals surface area contributed by atoms with E-state index in [0.29, 0.717) is 0 Å². The maximum atomic E-state index is 10.8. The van der Waals surface area contributed by atoms with E-state index in [1.807, 2.05) is 10.7 Å². The van der Waals surface area contributed by atoms with Crippen molar-refractivity contribution in [2.45, 2.75) is 64.6 Å². The van der Waals surface area contributed by atoms with Crippen LogP contribution in [0.3, 0.4) is 0 Å². The summed E-state index contributed by atoms with van der Waals surface area (Å²) in [6.45, 7) is 9.47. The monoisotopic (exact) mass is 265 g/mol. The average Bonchev–Trinajstić information content (AvgIpc) is 2.87. The minimum atomic E-state index is -0.486. The lowest BCUT2D eigenvalue weighted by atomic mass is 9.90. The Morgan fingerprint density at radius 1 is 1.32 bits per heavy atom. The first-order valence-corrected chi connectivity index (χ1v) is 7.52. The first-order valence-electron chi connectivity index (χ1n) is 7.52. The van der Waals surface area contributed by atoms with E-state index in [1.165, 1.54) is 19.3 Å². The number of hydrogen-bond donors (Lipinski definition) is 1. The average molecular weight is 265 g/mol. The van der Waals surface area contributed by atoms with Crippen LogP contribution in [0.1, 0.15) is 58.3 Å². The second-order valence-corrected chi connectivity index (χ2v) is 6.08. The smallest absolute Gasteiger partial charge is 0.113 e. The highest BCUT2D eigenvalue weighted by atomic mass is 16.3. The van der Waals surface area contributed by atoms with Crippen LogP contribution in [0.2, 0.25) is 0 Å². The molecule has 4 heteroatoms. The molecule has 2 rings (SSSR count). The third kappa shape index (κ3) is 3.00. The van der Waals surface area contributed by atoms with Crippen LogP contribution >= 0.6 is 0 Å². The summed E-state index contributed by atoms with van der Waals surface area (Å²) in [6.07, 6.45) is 6.14. The first-order chi connectivity index (χ1) is 9.07. The van der Waals surface area contributed by atoms with Gasteiger partial charge in [-0.3, -0.25) is 9.58 Å². The van der Waals surface area contributed by atoms with Crippen LogP contribution in [-0.2, 0) is 6.54 Å². The van der Waals surface area contributed by atoms with Crippen LogP contribution in [0.25, 0.3) is 0 Å². The van der Waals surface area contributed by atoms with Crippen molar-refractivity contribution in [1.29, 1.82) is 0 Å². The van der Waals surface area contributed by atoms with Gasteiger partial charge in [0.15, 0.2) is 0 Å². The molecule has 1 aliphatic rings. The van der Waals surface area contributed by atoms with E-state index >= 15 is 0 Å². The van der Waals surface area contributed by atoms with Gasteiger partial charge in [-0.1, -0.05) is 13.3 Å². The lowest BCUT2D eigenvalue weighted by molar-refractivity contribution is -0.0251. The van der Waals surface area contributed by atoms with Gasteiger partial charge in [-0.2, -0.15) is 5.10 Å². The molecule has 4 nitrogen and oxygen atoms in total. The maximum absolute atomic E-state index is 10.8. The first kappa shape index (κ1) is 14.5. The minimum absolute atomic E-state index is 0.230. The molecule has 1 N–H and O–H groups in total. The van der Waals surface area contributed by atoms with E-state index in [2.05, 4.69) is 30.8 Å². The Balaban J connectivity index is 2.16. The van der Waals surface area contributed by atoms with E-state index in [9.17, 15) is 5.11 Å². The molecule has 1 fully saturated rings. The fourth-order valence-electron chi connectivity index (χ4n) is 2.98. The molecule has 0 aromatic carbocycles. The van der Waals surface area contributed by atoms with Crippen LogP contribution in [0, 0.1) is 0 Å². The summed E-state index contributed by atoms with van der Waals surface area (Å²) in [4.78, 5) is 2.42. The Morgan fingerprint density at radius 2 is 2.00 bits per heavy atom. The van der Waals surface area contributed by atoms with Crippen molar-refractivity contribution in [3.05, 3.63) is 18.0 Å². The maximum Gasteiger partial charge on any atom is 0.113 e. The Bertz CT molecular complexity index is 394. The van der Waals surface area contributed by atoms with Crippen LogP contribution in [-0.4, -0.2) is 38.4 Å². The number of likely N-dealkylation sites (tertiary alicyclic amines) is 1. The van der Waals surface area contributed by atoms with Crippen LogP contribution < -0.4 is 0 Å². The normalized spacial score (nSPS) is 19.6. The fourth-order valence-corrected chi connectivity index (χ4v) is 2.98. The van der Waals surface area contributed by atoms with Gasteiger partial charge in [0.25, 0.3) is 0 Å². The Hall–Kier alpha value is -0.870. The Labute approximate surface area is 116 Å². The number of aliphatic hydroxyl groups is 1. The minimum Gasteiger partial charge on any atom is -0.385 e. The third-order valence-corrected chi connectivity index (χ3v) is 4.31. The summed E-state index contributed by atoms with van der Waals surface area (Å²) in [6, 6.07) is 1.95. The van der Waals surface area contributed by atoms with E-state index in [4.69, 9.17) is 0 Å². The number of piperidine rings is 1. The molecule has 1 unspecified atom stereocenters. The van der Waals surface area contributed by atoms with E-state index in [-0.39, 0.29) is 5.54 Å². The number of hydrogen-bond acceptors (Lipinski definition) is 3. The summed E-state index contributed by atoms with van der Waals surface area (Å²) in [5.74, 6) is 0. The zero-order valence-corrected chi connectivity index (χ0v) is 12.5. The van der Waals surface area contributed by atoms with Gasteiger partial charge in [0.1, 0.15) is 6.10 Å². The van der Waals surface area contributed by atoms with Gasteiger partial charge in [-0.25, -0.2) is 0 Å². The Morgan fingerprint density at radius 3 is 2.63 bits per heavy atom. The van der Waals surface area contributed by atoms with Gasteiger partial charge < -0.3 is 5.11 Å². The molecule has 1 aromatic heterocycles. The van der Waals surface area contributed by atoms with Crippen LogP contribution in [0.15, 0.2) is 12.3 Å². The Kier molecular flexibility index (Phi) is 4.63. The molecule has 1 atom stereocenters. The molecular weight excluding hydrogens is 238 g/mol. The van der Waals surface area contributed by atoms with Crippen molar-refractivity contribution in [3.8, 4) is 0 Å². The lowest BCUT2D eigenvalue weighted by Crippen LogP contribution is -2.51. The van der Waals surface area contributed by atoms with Crippen LogP contribution in [0.4, 0.5) is 0 Å². The zero-order chi connectivity index (χ0) is 13.9. The van der Waals surface area contributed by atoms with Gasteiger partial charge in [0.05, 0.1) is 5.69 Å². The molecule has 0 aliphatic carbocycles. The topological polar surface area (TPSA) is 41.3 Å². The molecular formula is C15H27N3O. The molecule has 108 valence electrons. The molecule has 0 radical (unpaired) electrons. The molecule has 1 aliphatic heterocycles. The van der Waals surface area contributed by atoms with Crippen molar-refractivity contribution in [1.82, 2.24) is 14.7 Å². The lowest BCUT2D eigenvalue weighted by Gasteiger charge is -2.44. The fraction of sp³-hybridized carbons (Fsp3) is 0.800. The van der Waals surface area contributed by atoms with E-state index in [1.54, 1.807) is 6.20 Å². The van der Waals surface area contributed by atoms with Crippen molar-refractivity contribution in [2.75, 3.05) is 13.1 Å². The van der Waals surface area contributed by atoms with Crippen molar-refractivity contribution in [3.63, 3.8) is 0 Å². The summed E-state index contributed by atoms with van der Waals surface area (Å²) >= 11 is 0. The van der Waals surface area contributed by atoms with Crippen LogP contribution in [0.5, 0.6) is 0 Å². The molecule has 1 aromatic rings. The van der Waals surface area contributed by atoms with Gasteiger partial charge in [0, 0.05) is 18.3 Å². The molecule has 1 saturated heterocycles. The largest absolute Gasteiger partial charge is 0.385 e. The predicted octanol–water partition coefficient (Wildman–Crippen LogP) is 2.59. The summed E-state index contributed by atoms with van der Waals surface area (Å²) in [5.41, 5.74) is 0.712. The number of rotatable bonds is 5. The van der Waals surface area contributed by atoms with Crippen molar-refractivity contribution >= 4 is 0 Å².